The van der Waals surface area contributed by atoms with Crippen molar-refractivity contribution in [3.63, 3.8) is 0 Å². The maximum atomic E-state index is 13.4. The van der Waals surface area contributed by atoms with Gasteiger partial charge in [0.25, 0.3) is 5.91 Å². The number of rotatable bonds is 7. The molecule has 178 valence electrons. The highest BCUT2D eigenvalue weighted by molar-refractivity contribution is 5.99. The number of anilines is 1. The second-order valence-electron chi connectivity index (χ2n) is 8.75. The molecule has 3 amide bonds. The molecular weight excluding hydrogens is 422 g/mol. The molecule has 0 radical (unpaired) electrons. The zero-order chi connectivity index (χ0) is 24.8. The van der Waals surface area contributed by atoms with Crippen LogP contribution in [0.25, 0.3) is 0 Å². The quantitative estimate of drug-likeness (QED) is 0.583. The van der Waals surface area contributed by atoms with Crippen molar-refractivity contribution in [1.82, 2.24) is 10.2 Å². The second kappa shape index (κ2) is 10.8. The Hall–Kier alpha value is -3.55. The zero-order valence-corrected chi connectivity index (χ0v) is 20.1. The molecule has 0 spiro atoms. The van der Waals surface area contributed by atoms with E-state index >= 15 is 0 Å². The van der Waals surface area contributed by atoms with Crippen LogP contribution in [0.1, 0.15) is 50.4 Å². The fourth-order valence-electron chi connectivity index (χ4n) is 3.33. The van der Waals surface area contributed by atoms with Gasteiger partial charge in [0.05, 0.1) is 0 Å². The monoisotopic (exact) mass is 455 g/mol. The highest BCUT2D eigenvalue weighted by Gasteiger charge is 2.33. The summed E-state index contributed by atoms with van der Waals surface area (Å²) in [5.41, 5.74) is 1.64. The summed E-state index contributed by atoms with van der Waals surface area (Å²) in [6, 6.07) is 11.2. The molecule has 2 aromatic rings. The Morgan fingerprint density at radius 2 is 1.67 bits per heavy atom. The molecular formula is C25H33N3O5. The molecule has 8 heteroatoms. The normalized spacial score (nSPS) is 11.9. The number of likely N-dealkylation sites (N-methyl/N-ethyl adjacent to an activating group) is 1. The van der Waals surface area contributed by atoms with Gasteiger partial charge in [-0.1, -0.05) is 36.4 Å². The van der Waals surface area contributed by atoms with E-state index in [1.54, 1.807) is 65.0 Å². The predicted octanol–water partition coefficient (Wildman–Crippen LogP) is 4.06. The van der Waals surface area contributed by atoms with Crippen LogP contribution in [0.15, 0.2) is 42.5 Å². The lowest BCUT2D eigenvalue weighted by molar-refractivity contribution is -0.138. The number of phenols is 1. The lowest BCUT2D eigenvalue weighted by atomic mass is 9.99. The van der Waals surface area contributed by atoms with Crippen molar-refractivity contribution in [3.05, 3.63) is 59.2 Å². The minimum absolute atomic E-state index is 0.0613. The number of benzene rings is 2. The number of aromatic hydroxyl groups is 1. The van der Waals surface area contributed by atoms with Crippen molar-refractivity contribution in [2.45, 2.75) is 53.2 Å². The first-order valence-corrected chi connectivity index (χ1v) is 10.9. The molecule has 0 fully saturated rings. The van der Waals surface area contributed by atoms with Crippen LogP contribution >= 0.6 is 0 Å². The molecule has 0 bridgehead atoms. The van der Waals surface area contributed by atoms with Crippen LogP contribution in [0.2, 0.25) is 0 Å². The third-order valence-electron chi connectivity index (χ3n) is 4.97. The summed E-state index contributed by atoms with van der Waals surface area (Å²) < 4.78 is 5.18. The van der Waals surface area contributed by atoms with E-state index in [1.807, 2.05) is 19.1 Å². The number of phenolic OH excluding ortho intramolecular Hbond substituents is 1. The molecule has 0 aliphatic heterocycles. The summed E-state index contributed by atoms with van der Waals surface area (Å²) in [5.74, 6) is -1.03. The Kier molecular flexibility index (Phi) is 8.45. The van der Waals surface area contributed by atoms with Gasteiger partial charge in [-0.25, -0.2) is 4.79 Å². The zero-order valence-electron chi connectivity index (χ0n) is 20.1. The molecule has 1 atom stereocenters. The molecule has 8 nitrogen and oxygen atoms in total. The van der Waals surface area contributed by atoms with Crippen molar-refractivity contribution in [1.29, 1.82) is 0 Å². The van der Waals surface area contributed by atoms with Gasteiger partial charge in [-0.3, -0.25) is 9.59 Å². The lowest BCUT2D eigenvalue weighted by Crippen LogP contribution is -2.46. The third kappa shape index (κ3) is 6.97. The molecule has 0 saturated carbocycles. The Morgan fingerprint density at radius 3 is 2.27 bits per heavy atom. The average Bonchev–Trinajstić information content (AvgIpc) is 2.73. The van der Waals surface area contributed by atoms with Gasteiger partial charge < -0.3 is 25.4 Å². The third-order valence-corrected chi connectivity index (χ3v) is 4.97. The second-order valence-corrected chi connectivity index (χ2v) is 8.75. The predicted molar refractivity (Wildman–Crippen MR) is 127 cm³/mol. The first-order chi connectivity index (χ1) is 15.4. The number of carbonyl (C=O) groups excluding carboxylic acids is 3. The van der Waals surface area contributed by atoms with E-state index in [1.165, 1.54) is 4.90 Å². The number of para-hydroxylation sites is 2. The summed E-state index contributed by atoms with van der Waals surface area (Å²) in [7, 11) is 0. The fourth-order valence-corrected chi connectivity index (χ4v) is 3.33. The summed E-state index contributed by atoms with van der Waals surface area (Å²) in [6.45, 7) is 10.3. The van der Waals surface area contributed by atoms with Crippen molar-refractivity contribution < 1.29 is 24.2 Å². The van der Waals surface area contributed by atoms with Crippen molar-refractivity contribution in [3.8, 4) is 5.75 Å². The van der Waals surface area contributed by atoms with Gasteiger partial charge in [-0.15, -0.1) is 0 Å². The Balaban J connectivity index is 2.35. The van der Waals surface area contributed by atoms with Gasteiger partial charge in [-0.05, 0) is 58.7 Å². The van der Waals surface area contributed by atoms with Gasteiger partial charge in [0, 0.05) is 17.8 Å². The van der Waals surface area contributed by atoms with Crippen LogP contribution in [0.3, 0.4) is 0 Å². The number of hydrogen-bond acceptors (Lipinski definition) is 5. The lowest BCUT2D eigenvalue weighted by Gasteiger charge is -2.31. The van der Waals surface area contributed by atoms with Crippen LogP contribution in [-0.4, -0.2) is 46.6 Å². The summed E-state index contributed by atoms with van der Waals surface area (Å²) in [5, 5.41) is 16.0. The SMILES string of the molecule is CCN(C(=O)CNC(=O)OC(C)(C)C)C(C(=O)Nc1ccccc1C)c1cccc(C)c1O. The van der Waals surface area contributed by atoms with Gasteiger partial charge >= 0.3 is 6.09 Å². The number of aryl methyl sites for hydroxylation is 2. The van der Waals surface area contributed by atoms with Crippen LogP contribution in [0.5, 0.6) is 5.75 Å². The Morgan fingerprint density at radius 1 is 1.03 bits per heavy atom. The smallest absolute Gasteiger partial charge is 0.408 e. The van der Waals surface area contributed by atoms with E-state index in [-0.39, 0.29) is 18.8 Å². The maximum Gasteiger partial charge on any atom is 0.408 e. The van der Waals surface area contributed by atoms with Crippen molar-refractivity contribution >= 4 is 23.6 Å². The fraction of sp³-hybridized carbons (Fsp3) is 0.400. The first kappa shape index (κ1) is 25.7. The number of hydrogen-bond donors (Lipinski definition) is 3. The van der Waals surface area contributed by atoms with Crippen LogP contribution in [0, 0.1) is 13.8 Å². The van der Waals surface area contributed by atoms with E-state index < -0.39 is 29.6 Å². The van der Waals surface area contributed by atoms with Crippen LogP contribution in [0.4, 0.5) is 10.5 Å². The average molecular weight is 456 g/mol. The molecule has 0 aromatic heterocycles. The number of amides is 3. The maximum absolute atomic E-state index is 13.4. The largest absolute Gasteiger partial charge is 0.507 e. The molecule has 0 aliphatic carbocycles. The van der Waals surface area contributed by atoms with Crippen LogP contribution in [-0.2, 0) is 14.3 Å². The highest BCUT2D eigenvalue weighted by atomic mass is 16.6. The molecule has 0 aliphatic rings. The van der Waals surface area contributed by atoms with Gasteiger partial charge in [0.2, 0.25) is 5.91 Å². The van der Waals surface area contributed by atoms with E-state index in [0.29, 0.717) is 16.8 Å². The van der Waals surface area contributed by atoms with E-state index in [9.17, 15) is 19.5 Å². The minimum atomic E-state index is -1.11. The molecule has 33 heavy (non-hydrogen) atoms. The van der Waals surface area contributed by atoms with Gasteiger partial charge in [0.1, 0.15) is 23.9 Å². The Labute approximate surface area is 194 Å². The summed E-state index contributed by atoms with van der Waals surface area (Å²) >= 11 is 0. The summed E-state index contributed by atoms with van der Waals surface area (Å²) in [6.07, 6.45) is -0.730. The standard InChI is InChI=1S/C25H33N3O5/c1-7-28(20(29)15-26-24(32)33-25(4,5)6)21(18-13-10-12-17(3)22(18)30)23(31)27-19-14-9-8-11-16(19)2/h8-14,21,30H,7,15H2,1-6H3,(H,26,32)(H,27,31). The van der Waals surface area contributed by atoms with E-state index in [4.69, 9.17) is 4.74 Å². The molecule has 1 unspecified atom stereocenters. The number of ether oxygens (including phenoxy) is 1. The highest BCUT2D eigenvalue weighted by Crippen LogP contribution is 2.32. The summed E-state index contributed by atoms with van der Waals surface area (Å²) in [4.78, 5) is 39.8. The number of nitrogens with one attached hydrogen (secondary N) is 2. The number of nitrogens with zero attached hydrogens (tertiary/aromatic N) is 1. The first-order valence-electron chi connectivity index (χ1n) is 10.9. The Bertz CT molecular complexity index is 1010. The molecule has 0 heterocycles. The molecule has 2 rings (SSSR count). The van der Waals surface area contributed by atoms with Crippen molar-refractivity contribution in [2.75, 3.05) is 18.4 Å². The van der Waals surface area contributed by atoms with Gasteiger partial charge in [0.15, 0.2) is 0 Å². The molecule has 0 saturated heterocycles. The number of carbonyl (C=O) groups is 3. The molecule has 3 N–H and O–H groups in total. The van der Waals surface area contributed by atoms with Gasteiger partial charge in [-0.2, -0.15) is 0 Å². The van der Waals surface area contributed by atoms with E-state index in [0.717, 1.165) is 5.56 Å². The minimum Gasteiger partial charge on any atom is -0.507 e. The van der Waals surface area contributed by atoms with Crippen molar-refractivity contribution in [2.24, 2.45) is 0 Å². The molecule has 2 aromatic carbocycles. The van der Waals surface area contributed by atoms with Crippen LogP contribution < -0.4 is 10.6 Å². The topological polar surface area (TPSA) is 108 Å². The number of alkyl carbamates (subject to hydrolysis) is 1. The van der Waals surface area contributed by atoms with E-state index in [2.05, 4.69) is 10.6 Å².